The van der Waals surface area contributed by atoms with Crippen molar-refractivity contribution in [2.75, 3.05) is 6.61 Å². The van der Waals surface area contributed by atoms with E-state index in [-0.39, 0.29) is 30.8 Å². The monoisotopic (exact) mass is 553 g/mol. The van der Waals surface area contributed by atoms with Gasteiger partial charge < -0.3 is 18.1 Å². The number of fused-ring (bicyclic) bond motifs is 1. The molecule has 3 aromatic rings. The van der Waals surface area contributed by atoms with Crippen LogP contribution in [-0.2, 0) is 32.5 Å². The molecule has 0 saturated carbocycles. The summed E-state index contributed by atoms with van der Waals surface area (Å²) in [6.45, 7) is 3.62. The van der Waals surface area contributed by atoms with Crippen LogP contribution in [0.4, 0.5) is 13.2 Å². The summed E-state index contributed by atoms with van der Waals surface area (Å²) >= 11 is 0. The number of ether oxygens (including phenoxy) is 2. The number of hydrogen-bond donors (Lipinski definition) is 0. The lowest BCUT2D eigenvalue weighted by atomic mass is 10.1. The van der Waals surface area contributed by atoms with Gasteiger partial charge in [-0.2, -0.15) is 21.6 Å². The first-order valence-electron chi connectivity index (χ1n) is 12.0. The third-order valence-corrected chi connectivity index (χ3v) is 6.90. The molecule has 1 heterocycles. The van der Waals surface area contributed by atoms with Crippen LogP contribution >= 0.6 is 0 Å². The van der Waals surface area contributed by atoms with E-state index in [2.05, 4.69) is 9.17 Å². The van der Waals surface area contributed by atoms with Crippen molar-refractivity contribution in [1.82, 2.24) is 4.98 Å². The Morgan fingerprint density at radius 3 is 2.61 bits per heavy atom. The van der Waals surface area contributed by atoms with E-state index in [1.807, 2.05) is 30.3 Å². The third-order valence-electron chi connectivity index (χ3n) is 5.93. The van der Waals surface area contributed by atoms with Gasteiger partial charge >= 0.3 is 21.6 Å². The molecule has 1 atom stereocenters. The zero-order valence-corrected chi connectivity index (χ0v) is 21.5. The Morgan fingerprint density at radius 1 is 1.18 bits per heavy atom. The number of nitrogens with zero attached hydrogens (tertiary/aromatic N) is 1. The van der Waals surface area contributed by atoms with Crippen molar-refractivity contribution in [3.8, 4) is 23.0 Å². The smallest absolute Gasteiger partial charge is 0.493 e. The van der Waals surface area contributed by atoms with Crippen LogP contribution in [0.15, 0.2) is 46.9 Å². The van der Waals surface area contributed by atoms with E-state index in [0.29, 0.717) is 42.2 Å². The molecule has 4 rings (SSSR count). The second kappa shape index (κ2) is 11.1. The van der Waals surface area contributed by atoms with Gasteiger partial charge in [0.2, 0.25) is 5.89 Å². The summed E-state index contributed by atoms with van der Waals surface area (Å²) in [4.78, 5) is 16.5. The maximum Gasteiger partial charge on any atom is 0.534 e. The van der Waals surface area contributed by atoms with Crippen molar-refractivity contribution in [3.63, 3.8) is 0 Å². The lowest BCUT2D eigenvalue weighted by Crippen LogP contribution is -2.28. The van der Waals surface area contributed by atoms with Crippen molar-refractivity contribution in [2.45, 2.75) is 57.6 Å². The Kier molecular flexibility index (Phi) is 8.00. The normalized spacial score (nSPS) is 15.2. The molecular formula is C26H26F3NO7S. The maximum absolute atomic E-state index is 13.1. The minimum Gasteiger partial charge on any atom is -0.493 e. The highest BCUT2D eigenvalue weighted by molar-refractivity contribution is 7.88. The van der Waals surface area contributed by atoms with Crippen LogP contribution in [0.3, 0.4) is 0 Å². The molecule has 0 bridgehead atoms. The second-order valence-electron chi connectivity index (χ2n) is 8.73. The highest BCUT2D eigenvalue weighted by atomic mass is 32.2. The molecule has 2 aromatic carbocycles. The number of carbonyl (C=O) groups excluding carboxylic acids is 1. The number of alkyl halides is 3. The molecule has 38 heavy (non-hydrogen) atoms. The van der Waals surface area contributed by atoms with Crippen LogP contribution in [0, 0.1) is 6.92 Å². The summed E-state index contributed by atoms with van der Waals surface area (Å²) < 4.78 is 84.3. The van der Waals surface area contributed by atoms with Crippen molar-refractivity contribution >= 4 is 16.1 Å². The van der Waals surface area contributed by atoms with Crippen molar-refractivity contribution < 1.29 is 44.5 Å². The summed E-state index contributed by atoms with van der Waals surface area (Å²) in [5, 5.41) is 0. The Labute approximate surface area is 217 Å². The van der Waals surface area contributed by atoms with Gasteiger partial charge in [0.05, 0.1) is 12.3 Å². The highest BCUT2D eigenvalue weighted by Crippen LogP contribution is 2.44. The van der Waals surface area contributed by atoms with E-state index < -0.39 is 33.4 Å². The first-order chi connectivity index (χ1) is 18.0. The summed E-state index contributed by atoms with van der Waals surface area (Å²) in [5.74, 6) is 0.0469. The largest absolute Gasteiger partial charge is 0.534 e. The SMILES string of the molecule is CCCC(=O)OC1CCc2cc(OCCc3nc(-c4ccccc4)oc3C)cc(OS(=O)(=O)C(F)(F)F)c21. The number of esters is 1. The number of hydrogen-bond acceptors (Lipinski definition) is 8. The quantitative estimate of drug-likeness (QED) is 0.175. The van der Waals surface area contributed by atoms with Crippen LogP contribution in [0.5, 0.6) is 11.5 Å². The topological polar surface area (TPSA) is 105 Å². The lowest BCUT2D eigenvalue weighted by Gasteiger charge is -2.19. The van der Waals surface area contributed by atoms with E-state index in [9.17, 15) is 26.4 Å². The summed E-state index contributed by atoms with van der Waals surface area (Å²) in [5.41, 5.74) is -3.61. The van der Waals surface area contributed by atoms with E-state index in [1.54, 1.807) is 19.9 Å². The van der Waals surface area contributed by atoms with Gasteiger partial charge in [0.15, 0.2) is 5.75 Å². The number of carbonyl (C=O) groups is 1. The fourth-order valence-electron chi connectivity index (χ4n) is 4.15. The van der Waals surface area contributed by atoms with Gasteiger partial charge in [0.25, 0.3) is 0 Å². The van der Waals surface area contributed by atoms with Crippen molar-refractivity contribution in [3.05, 3.63) is 65.0 Å². The minimum atomic E-state index is -5.96. The van der Waals surface area contributed by atoms with Crippen LogP contribution < -0.4 is 8.92 Å². The Hall–Kier alpha value is -3.54. The molecule has 0 fully saturated rings. The fourth-order valence-corrected chi connectivity index (χ4v) is 4.62. The summed E-state index contributed by atoms with van der Waals surface area (Å²) in [6, 6.07) is 12.0. The van der Waals surface area contributed by atoms with Crippen molar-refractivity contribution in [1.29, 1.82) is 0 Å². The molecule has 1 aliphatic rings. The van der Waals surface area contributed by atoms with Crippen LogP contribution in [0.2, 0.25) is 0 Å². The third kappa shape index (κ3) is 6.12. The van der Waals surface area contributed by atoms with Crippen LogP contribution in [0.1, 0.15) is 54.9 Å². The van der Waals surface area contributed by atoms with Gasteiger partial charge in [0.1, 0.15) is 17.6 Å². The summed E-state index contributed by atoms with van der Waals surface area (Å²) in [7, 11) is -5.96. The molecule has 0 aliphatic heterocycles. The van der Waals surface area contributed by atoms with E-state index in [4.69, 9.17) is 13.9 Å². The number of rotatable bonds is 10. The molecule has 204 valence electrons. The van der Waals surface area contributed by atoms with Gasteiger partial charge in [-0.25, -0.2) is 4.98 Å². The van der Waals surface area contributed by atoms with E-state index in [0.717, 1.165) is 11.6 Å². The first kappa shape index (κ1) is 27.5. The molecule has 0 spiro atoms. The molecule has 0 radical (unpaired) electrons. The highest BCUT2D eigenvalue weighted by Gasteiger charge is 2.49. The summed E-state index contributed by atoms with van der Waals surface area (Å²) in [6.07, 6.45) is 0.657. The van der Waals surface area contributed by atoms with Crippen molar-refractivity contribution in [2.24, 2.45) is 0 Å². The average molecular weight is 554 g/mol. The molecule has 0 saturated heterocycles. The maximum atomic E-state index is 13.1. The number of benzene rings is 2. The van der Waals surface area contributed by atoms with E-state index >= 15 is 0 Å². The fraction of sp³-hybridized carbons (Fsp3) is 0.385. The molecule has 1 unspecified atom stereocenters. The predicted octanol–water partition coefficient (Wildman–Crippen LogP) is 5.83. The van der Waals surface area contributed by atoms with Crippen LogP contribution in [0.25, 0.3) is 11.5 Å². The van der Waals surface area contributed by atoms with Gasteiger partial charge in [-0.3, -0.25) is 4.79 Å². The minimum absolute atomic E-state index is 0.0841. The Morgan fingerprint density at radius 2 is 1.92 bits per heavy atom. The van der Waals surface area contributed by atoms with E-state index in [1.165, 1.54) is 0 Å². The number of oxazole rings is 1. The molecule has 8 nitrogen and oxygen atoms in total. The number of halogens is 3. The lowest BCUT2D eigenvalue weighted by molar-refractivity contribution is -0.149. The molecule has 0 N–H and O–H groups in total. The molecule has 1 aromatic heterocycles. The molecular weight excluding hydrogens is 527 g/mol. The predicted molar refractivity (Wildman–Crippen MR) is 130 cm³/mol. The Balaban J connectivity index is 1.55. The second-order valence-corrected chi connectivity index (χ2v) is 10.3. The molecule has 0 amide bonds. The van der Waals surface area contributed by atoms with Gasteiger partial charge in [-0.15, -0.1) is 0 Å². The first-order valence-corrected chi connectivity index (χ1v) is 13.4. The number of aryl methyl sites for hydroxylation is 2. The van der Waals surface area contributed by atoms with Crippen LogP contribution in [-0.4, -0.2) is 31.5 Å². The Bertz CT molecular complexity index is 1400. The molecule has 1 aliphatic carbocycles. The number of aromatic nitrogens is 1. The average Bonchev–Trinajstić information content (AvgIpc) is 3.42. The zero-order valence-electron chi connectivity index (χ0n) is 20.7. The van der Waals surface area contributed by atoms with Gasteiger partial charge in [0, 0.05) is 30.0 Å². The van der Waals surface area contributed by atoms with Gasteiger partial charge in [-0.05, 0) is 49.9 Å². The zero-order chi connectivity index (χ0) is 27.5. The van der Waals surface area contributed by atoms with Gasteiger partial charge in [-0.1, -0.05) is 25.1 Å². The molecule has 12 heteroatoms. The standard InChI is InChI=1S/C26H26F3NO7S/c1-3-7-23(31)36-21-11-10-18-14-19(15-22(24(18)21)37-38(32,33)26(27,28)29)34-13-12-20-16(2)35-25(30-20)17-8-5-4-6-9-17/h4-6,8-9,14-15,21H,3,7,10-13H2,1-2H3.